The zero-order valence-electron chi connectivity index (χ0n) is 13.1. The van der Waals surface area contributed by atoms with E-state index < -0.39 is 9.84 Å². The van der Waals surface area contributed by atoms with Gasteiger partial charge in [0.15, 0.2) is 0 Å². The first-order chi connectivity index (χ1) is 10.3. The first-order valence-corrected chi connectivity index (χ1v) is 9.28. The topological polar surface area (TPSA) is 85.2 Å². The number of nitrogens with zero attached hydrogens (tertiary/aromatic N) is 4. The number of carbonyl (C=O) groups is 1. The molecule has 1 unspecified atom stereocenters. The van der Waals surface area contributed by atoms with Gasteiger partial charge in [0.1, 0.15) is 6.33 Å². The summed E-state index contributed by atoms with van der Waals surface area (Å²) in [5.41, 5.74) is 0. The number of hydrogen-bond acceptors (Lipinski definition) is 5. The maximum absolute atomic E-state index is 12.7. The van der Waals surface area contributed by atoms with Crippen molar-refractivity contribution in [1.29, 1.82) is 0 Å². The van der Waals surface area contributed by atoms with E-state index in [4.69, 9.17) is 0 Å². The van der Waals surface area contributed by atoms with Crippen molar-refractivity contribution < 1.29 is 13.2 Å². The first kappa shape index (κ1) is 15.5. The molecule has 7 nitrogen and oxygen atoms in total. The van der Waals surface area contributed by atoms with Gasteiger partial charge < -0.3 is 4.90 Å². The Balaban J connectivity index is 1.83. The molecule has 0 radical (unpaired) electrons. The van der Waals surface area contributed by atoms with E-state index in [0.29, 0.717) is 12.3 Å². The molecule has 1 aromatic heterocycles. The summed E-state index contributed by atoms with van der Waals surface area (Å²) in [6.45, 7) is 3.75. The Labute approximate surface area is 130 Å². The minimum absolute atomic E-state index is 0.00215. The quantitative estimate of drug-likeness (QED) is 0.841. The third kappa shape index (κ3) is 2.43. The van der Waals surface area contributed by atoms with Crippen LogP contribution in [0.3, 0.4) is 0 Å². The summed E-state index contributed by atoms with van der Waals surface area (Å²) >= 11 is 0. The van der Waals surface area contributed by atoms with Crippen LogP contribution in [0.15, 0.2) is 11.5 Å². The van der Waals surface area contributed by atoms with Crippen LogP contribution >= 0.6 is 0 Å². The summed E-state index contributed by atoms with van der Waals surface area (Å²) in [5.74, 6) is 0.761. The fraction of sp³-hybridized carbons (Fsp3) is 0.786. The summed E-state index contributed by atoms with van der Waals surface area (Å²) in [6.07, 6.45) is 5.02. The molecule has 0 aliphatic heterocycles. The van der Waals surface area contributed by atoms with Gasteiger partial charge >= 0.3 is 6.03 Å². The first-order valence-electron chi connectivity index (χ1n) is 7.73. The van der Waals surface area contributed by atoms with Gasteiger partial charge in [-0.15, -0.1) is 5.10 Å². The van der Waals surface area contributed by atoms with Gasteiger partial charge in [-0.05, 0) is 44.9 Å². The molecule has 1 aromatic rings. The lowest BCUT2D eigenvalue weighted by Crippen LogP contribution is -2.36. The van der Waals surface area contributed by atoms with Crippen LogP contribution in [0.25, 0.3) is 0 Å². The van der Waals surface area contributed by atoms with Crippen LogP contribution in [0.5, 0.6) is 0 Å². The van der Waals surface area contributed by atoms with Crippen LogP contribution in [0, 0.1) is 11.8 Å². The van der Waals surface area contributed by atoms with Crippen LogP contribution in [-0.2, 0) is 9.84 Å². The fourth-order valence-electron chi connectivity index (χ4n) is 3.55. The molecule has 3 rings (SSSR count). The Bertz CT molecular complexity index is 682. The maximum Gasteiger partial charge on any atom is 0.346 e. The van der Waals surface area contributed by atoms with Crippen molar-refractivity contribution in [3.63, 3.8) is 0 Å². The van der Waals surface area contributed by atoms with E-state index in [1.807, 2.05) is 13.8 Å². The molecule has 1 amide bonds. The normalized spacial score (nSPS) is 27.5. The Morgan fingerprint density at radius 3 is 2.64 bits per heavy atom. The Hall–Kier alpha value is -1.44. The summed E-state index contributed by atoms with van der Waals surface area (Å²) in [4.78, 5) is 17.6. The van der Waals surface area contributed by atoms with Crippen LogP contribution in [-0.4, -0.2) is 52.5 Å². The predicted octanol–water partition coefficient (Wildman–Crippen LogP) is 1.55. The number of carbonyl (C=O) groups excluding carboxylic acids is 1. The molecule has 2 bridgehead atoms. The van der Waals surface area contributed by atoms with E-state index in [1.54, 1.807) is 7.05 Å². The molecule has 0 N–H and O–H groups in total. The average molecular weight is 326 g/mol. The lowest BCUT2D eigenvalue weighted by Gasteiger charge is -2.21. The third-order valence-corrected chi connectivity index (χ3v) is 7.14. The molecule has 2 aliphatic rings. The molecule has 2 aliphatic carbocycles. The molecule has 2 saturated carbocycles. The van der Waals surface area contributed by atoms with Crippen molar-refractivity contribution >= 4 is 15.9 Å². The molecular formula is C14H22N4O3S. The van der Waals surface area contributed by atoms with Gasteiger partial charge in [0, 0.05) is 13.1 Å². The number of hydrogen-bond donors (Lipinski definition) is 0. The SMILES string of the molecule is CC(C)N(C)C(=O)n1cnc(S(=O)(=O)C2C[C@@H]3CC[C@H]2C3)n1. The Morgan fingerprint density at radius 2 is 2.09 bits per heavy atom. The monoisotopic (exact) mass is 326 g/mol. The summed E-state index contributed by atoms with van der Waals surface area (Å²) < 4.78 is 26.4. The molecule has 0 spiro atoms. The largest absolute Gasteiger partial charge is 0.346 e. The molecule has 3 atom stereocenters. The summed E-state index contributed by atoms with van der Waals surface area (Å²) in [6, 6.07) is -0.376. The lowest BCUT2D eigenvalue weighted by atomic mass is 10.0. The second-order valence-electron chi connectivity index (χ2n) is 6.72. The highest BCUT2D eigenvalue weighted by Gasteiger charge is 2.47. The Morgan fingerprint density at radius 1 is 1.36 bits per heavy atom. The average Bonchev–Trinajstić information content (AvgIpc) is 3.20. The predicted molar refractivity (Wildman–Crippen MR) is 80.1 cm³/mol. The minimum atomic E-state index is -3.54. The number of amides is 1. The summed E-state index contributed by atoms with van der Waals surface area (Å²) in [5, 5.41) is 3.35. The van der Waals surface area contributed by atoms with Crippen LogP contribution in [0.1, 0.15) is 39.5 Å². The second-order valence-corrected chi connectivity index (χ2v) is 8.78. The van der Waals surface area contributed by atoms with Gasteiger partial charge in [-0.2, -0.15) is 4.68 Å². The zero-order valence-corrected chi connectivity index (χ0v) is 14.0. The molecule has 8 heteroatoms. The highest BCUT2D eigenvalue weighted by Crippen LogP contribution is 2.48. The molecule has 0 saturated heterocycles. The number of sulfone groups is 1. The number of rotatable bonds is 3. The molecule has 122 valence electrons. The van der Waals surface area contributed by atoms with Crippen LogP contribution < -0.4 is 0 Å². The van der Waals surface area contributed by atoms with Gasteiger partial charge in [-0.25, -0.2) is 18.2 Å². The van der Waals surface area contributed by atoms with E-state index in [2.05, 4.69) is 10.1 Å². The van der Waals surface area contributed by atoms with Crippen molar-refractivity contribution in [2.45, 2.75) is 56.0 Å². The van der Waals surface area contributed by atoms with Crippen LogP contribution in [0.2, 0.25) is 0 Å². The van der Waals surface area contributed by atoms with E-state index >= 15 is 0 Å². The van der Waals surface area contributed by atoms with E-state index in [-0.39, 0.29) is 28.4 Å². The van der Waals surface area contributed by atoms with Gasteiger partial charge in [0.25, 0.3) is 5.16 Å². The highest BCUT2D eigenvalue weighted by atomic mass is 32.2. The number of aromatic nitrogens is 3. The van der Waals surface area contributed by atoms with Crippen molar-refractivity contribution in [3.8, 4) is 0 Å². The molecular weight excluding hydrogens is 304 g/mol. The lowest BCUT2D eigenvalue weighted by molar-refractivity contribution is 0.195. The fourth-order valence-corrected chi connectivity index (χ4v) is 5.50. The van der Waals surface area contributed by atoms with Crippen molar-refractivity contribution in [3.05, 3.63) is 6.33 Å². The zero-order chi connectivity index (χ0) is 16.1. The van der Waals surface area contributed by atoms with Crippen molar-refractivity contribution in [2.24, 2.45) is 11.8 Å². The van der Waals surface area contributed by atoms with E-state index in [1.165, 1.54) is 11.2 Å². The summed E-state index contributed by atoms with van der Waals surface area (Å²) in [7, 11) is -1.89. The van der Waals surface area contributed by atoms with Crippen LogP contribution in [0.4, 0.5) is 4.79 Å². The van der Waals surface area contributed by atoms with Gasteiger partial charge in [0.05, 0.1) is 5.25 Å². The molecule has 22 heavy (non-hydrogen) atoms. The highest BCUT2D eigenvalue weighted by molar-refractivity contribution is 7.91. The third-order valence-electron chi connectivity index (χ3n) is 5.07. The smallest absolute Gasteiger partial charge is 0.323 e. The standard InChI is InChI=1S/C14H22N4O3S/c1-9(2)17(3)14(19)18-8-15-13(16-18)22(20,21)12-7-10-4-5-11(12)6-10/h8-12H,4-7H2,1-3H3/t10-,11+,12?/m1/s1. The van der Waals surface area contributed by atoms with Crippen molar-refractivity contribution in [2.75, 3.05) is 7.05 Å². The maximum atomic E-state index is 12.7. The van der Waals surface area contributed by atoms with E-state index in [9.17, 15) is 13.2 Å². The number of fused-ring (bicyclic) bond motifs is 2. The Kier molecular flexibility index (Phi) is 3.74. The van der Waals surface area contributed by atoms with Gasteiger partial charge in [-0.3, -0.25) is 0 Å². The molecule has 0 aromatic carbocycles. The minimum Gasteiger partial charge on any atom is -0.323 e. The second kappa shape index (κ2) is 5.33. The van der Waals surface area contributed by atoms with E-state index in [0.717, 1.165) is 23.9 Å². The molecule has 1 heterocycles. The van der Waals surface area contributed by atoms with Crippen molar-refractivity contribution in [1.82, 2.24) is 19.7 Å². The van der Waals surface area contributed by atoms with Gasteiger partial charge in [-0.1, -0.05) is 6.42 Å². The van der Waals surface area contributed by atoms with Gasteiger partial charge in [0.2, 0.25) is 9.84 Å². The molecule has 2 fully saturated rings.